The summed E-state index contributed by atoms with van der Waals surface area (Å²) in [5, 5.41) is 0. The van der Waals surface area contributed by atoms with Gasteiger partial charge >= 0.3 is 0 Å². The zero-order chi connectivity index (χ0) is 19.5. The molecule has 0 unspecified atom stereocenters. The molecule has 0 aliphatic rings. The predicted molar refractivity (Wildman–Crippen MR) is 112 cm³/mol. The van der Waals surface area contributed by atoms with Gasteiger partial charge in [0.25, 0.3) is 0 Å². The van der Waals surface area contributed by atoms with Gasteiger partial charge in [0.2, 0.25) is 0 Å². The van der Waals surface area contributed by atoms with E-state index < -0.39 is 0 Å². The molecule has 5 heteroatoms. The second-order valence-corrected chi connectivity index (χ2v) is 6.77. The number of unbranched alkanes of at least 4 members (excludes halogenated alkanes) is 1. The summed E-state index contributed by atoms with van der Waals surface area (Å²) in [6.07, 6.45) is 1.98. The van der Waals surface area contributed by atoms with Gasteiger partial charge in [-0.25, -0.2) is 0 Å². The molecule has 0 aromatic heterocycles. The molecule has 0 saturated heterocycles. The SMILES string of the molecule is CN(C)C(=NCCCCOc1ccc(OCc2ccccc2)cc1)N(C)C. The Hall–Kier alpha value is -2.69. The van der Waals surface area contributed by atoms with Gasteiger partial charge in [0.1, 0.15) is 18.1 Å². The Morgan fingerprint density at radius 3 is 1.96 bits per heavy atom. The van der Waals surface area contributed by atoms with Gasteiger partial charge in [-0.2, -0.15) is 0 Å². The van der Waals surface area contributed by atoms with Crippen LogP contribution >= 0.6 is 0 Å². The highest BCUT2D eigenvalue weighted by atomic mass is 16.5. The van der Waals surface area contributed by atoms with Crippen molar-refractivity contribution >= 4 is 5.96 Å². The molecular weight excluding hydrogens is 338 g/mol. The fourth-order valence-electron chi connectivity index (χ4n) is 2.64. The van der Waals surface area contributed by atoms with Crippen molar-refractivity contribution in [1.82, 2.24) is 9.80 Å². The molecule has 0 bridgehead atoms. The molecule has 2 aromatic rings. The molecule has 2 aromatic carbocycles. The van der Waals surface area contributed by atoms with Crippen molar-refractivity contribution < 1.29 is 9.47 Å². The molecule has 0 saturated carbocycles. The molecule has 0 radical (unpaired) electrons. The number of guanidine groups is 1. The Morgan fingerprint density at radius 1 is 0.778 bits per heavy atom. The van der Waals surface area contributed by atoms with E-state index in [1.807, 2.05) is 80.5 Å². The van der Waals surface area contributed by atoms with Crippen molar-refractivity contribution in [3.05, 3.63) is 60.2 Å². The second-order valence-electron chi connectivity index (χ2n) is 6.77. The van der Waals surface area contributed by atoms with Crippen LogP contribution in [-0.2, 0) is 6.61 Å². The van der Waals surface area contributed by atoms with Gasteiger partial charge in [0, 0.05) is 34.7 Å². The number of nitrogens with zero attached hydrogens (tertiary/aromatic N) is 3. The molecule has 0 aliphatic heterocycles. The Labute approximate surface area is 163 Å². The van der Waals surface area contributed by atoms with E-state index in [2.05, 4.69) is 17.1 Å². The standard InChI is InChI=1S/C22H31N3O2/c1-24(2)22(25(3)4)23-16-8-9-17-26-20-12-14-21(15-13-20)27-18-19-10-6-5-7-11-19/h5-7,10-15H,8-9,16-18H2,1-4H3. The van der Waals surface area contributed by atoms with Crippen LogP contribution in [0.5, 0.6) is 11.5 Å². The number of aliphatic imine (C=N–C) groups is 1. The lowest BCUT2D eigenvalue weighted by atomic mass is 10.2. The molecule has 0 heterocycles. The molecule has 0 atom stereocenters. The Balaban J connectivity index is 1.66. The fraction of sp³-hybridized carbons (Fsp3) is 0.409. The highest BCUT2D eigenvalue weighted by molar-refractivity contribution is 5.79. The maximum Gasteiger partial charge on any atom is 0.195 e. The van der Waals surface area contributed by atoms with E-state index >= 15 is 0 Å². The van der Waals surface area contributed by atoms with Crippen molar-refractivity contribution in [3.63, 3.8) is 0 Å². The van der Waals surface area contributed by atoms with E-state index in [0.717, 1.165) is 42.4 Å². The number of benzene rings is 2. The van der Waals surface area contributed by atoms with Gasteiger partial charge in [-0.05, 0) is 42.7 Å². The molecule has 0 fully saturated rings. The molecule has 5 nitrogen and oxygen atoms in total. The number of hydrogen-bond donors (Lipinski definition) is 0. The van der Waals surface area contributed by atoms with Crippen molar-refractivity contribution in [2.45, 2.75) is 19.4 Å². The van der Waals surface area contributed by atoms with E-state index in [1.165, 1.54) is 0 Å². The molecule has 2 rings (SSSR count). The van der Waals surface area contributed by atoms with Gasteiger partial charge in [0.15, 0.2) is 5.96 Å². The molecule has 0 spiro atoms. The van der Waals surface area contributed by atoms with Crippen LogP contribution in [0, 0.1) is 0 Å². The lowest BCUT2D eigenvalue weighted by Gasteiger charge is -2.22. The largest absolute Gasteiger partial charge is 0.494 e. The normalized spacial score (nSPS) is 10.2. The number of hydrogen-bond acceptors (Lipinski definition) is 3. The van der Waals surface area contributed by atoms with Gasteiger partial charge < -0.3 is 19.3 Å². The summed E-state index contributed by atoms with van der Waals surface area (Å²) in [4.78, 5) is 8.67. The van der Waals surface area contributed by atoms with Gasteiger partial charge in [0.05, 0.1) is 6.61 Å². The van der Waals surface area contributed by atoms with E-state index in [1.54, 1.807) is 0 Å². The Morgan fingerprint density at radius 2 is 1.37 bits per heavy atom. The minimum absolute atomic E-state index is 0.573. The minimum atomic E-state index is 0.573. The average molecular weight is 370 g/mol. The van der Waals surface area contributed by atoms with Gasteiger partial charge in [-0.15, -0.1) is 0 Å². The van der Waals surface area contributed by atoms with Gasteiger partial charge in [-0.1, -0.05) is 30.3 Å². The summed E-state index contributed by atoms with van der Waals surface area (Å²) in [6, 6.07) is 18.0. The topological polar surface area (TPSA) is 37.3 Å². The van der Waals surface area contributed by atoms with Crippen molar-refractivity contribution in [2.75, 3.05) is 41.3 Å². The van der Waals surface area contributed by atoms with Crippen molar-refractivity contribution in [2.24, 2.45) is 4.99 Å². The smallest absolute Gasteiger partial charge is 0.195 e. The summed E-state index contributed by atoms with van der Waals surface area (Å²) in [6.45, 7) is 2.07. The summed E-state index contributed by atoms with van der Waals surface area (Å²) < 4.78 is 11.6. The molecular formula is C22H31N3O2. The van der Waals surface area contributed by atoms with E-state index in [-0.39, 0.29) is 0 Å². The first-order valence-corrected chi connectivity index (χ1v) is 9.35. The molecule has 0 N–H and O–H groups in total. The molecule has 146 valence electrons. The van der Waals surface area contributed by atoms with Crippen LogP contribution in [-0.4, -0.2) is 57.1 Å². The van der Waals surface area contributed by atoms with Gasteiger partial charge in [-0.3, -0.25) is 4.99 Å². The third-order valence-corrected chi connectivity index (χ3v) is 3.95. The quantitative estimate of drug-likeness (QED) is 0.382. The minimum Gasteiger partial charge on any atom is -0.494 e. The lowest BCUT2D eigenvalue weighted by Crippen LogP contribution is -2.35. The summed E-state index contributed by atoms with van der Waals surface area (Å²) in [7, 11) is 8.04. The highest BCUT2D eigenvalue weighted by Gasteiger charge is 2.03. The number of rotatable bonds is 9. The summed E-state index contributed by atoms with van der Waals surface area (Å²) in [5.41, 5.74) is 1.16. The Bertz CT molecular complexity index is 672. The van der Waals surface area contributed by atoms with E-state index in [4.69, 9.17) is 9.47 Å². The first-order valence-electron chi connectivity index (χ1n) is 9.35. The fourth-order valence-corrected chi connectivity index (χ4v) is 2.64. The van der Waals surface area contributed by atoms with Crippen molar-refractivity contribution in [3.8, 4) is 11.5 Å². The molecule has 0 amide bonds. The average Bonchev–Trinajstić information content (AvgIpc) is 2.67. The predicted octanol–water partition coefficient (Wildman–Crippen LogP) is 3.90. The maximum absolute atomic E-state index is 5.80. The van der Waals surface area contributed by atoms with Crippen LogP contribution in [0.1, 0.15) is 18.4 Å². The number of ether oxygens (including phenoxy) is 2. The third-order valence-electron chi connectivity index (χ3n) is 3.95. The highest BCUT2D eigenvalue weighted by Crippen LogP contribution is 2.19. The van der Waals surface area contributed by atoms with Crippen LogP contribution in [0.3, 0.4) is 0 Å². The van der Waals surface area contributed by atoms with Crippen LogP contribution in [0.25, 0.3) is 0 Å². The lowest BCUT2D eigenvalue weighted by molar-refractivity contribution is 0.298. The zero-order valence-corrected chi connectivity index (χ0v) is 16.9. The maximum atomic E-state index is 5.80. The summed E-state index contributed by atoms with van der Waals surface area (Å²) >= 11 is 0. The van der Waals surface area contributed by atoms with Crippen LogP contribution in [0.15, 0.2) is 59.6 Å². The van der Waals surface area contributed by atoms with E-state index in [9.17, 15) is 0 Å². The molecule has 27 heavy (non-hydrogen) atoms. The van der Waals surface area contributed by atoms with Crippen LogP contribution in [0.2, 0.25) is 0 Å². The monoisotopic (exact) mass is 369 g/mol. The van der Waals surface area contributed by atoms with E-state index in [0.29, 0.717) is 13.2 Å². The van der Waals surface area contributed by atoms with Crippen LogP contribution < -0.4 is 9.47 Å². The van der Waals surface area contributed by atoms with Crippen molar-refractivity contribution in [1.29, 1.82) is 0 Å². The second kappa shape index (κ2) is 11.1. The first-order chi connectivity index (χ1) is 13.1. The molecule has 0 aliphatic carbocycles. The third kappa shape index (κ3) is 7.60. The Kier molecular flexibility index (Phi) is 8.49. The summed E-state index contributed by atoms with van der Waals surface area (Å²) in [5.74, 6) is 2.70. The van der Waals surface area contributed by atoms with Crippen LogP contribution in [0.4, 0.5) is 0 Å². The first kappa shape index (κ1) is 20.6. The zero-order valence-electron chi connectivity index (χ0n) is 16.9.